The molecular formula is C30H18Cl9I3O6. The van der Waals surface area contributed by atoms with E-state index in [1.165, 1.54) is 18.2 Å². The van der Waals surface area contributed by atoms with Crippen LogP contribution in [-0.4, -0.2) is 30.8 Å². The fourth-order valence-corrected chi connectivity index (χ4v) is 4.07. The maximum absolute atomic E-state index is 12.9. The molecule has 0 saturated heterocycles. The summed E-state index contributed by atoms with van der Waals surface area (Å²) in [5.41, 5.74) is 0.000473. The Balaban J connectivity index is 0.000000829. The summed E-state index contributed by atoms with van der Waals surface area (Å²) >= 11 is 49.7. The number of halogens is 12. The van der Waals surface area contributed by atoms with E-state index in [4.69, 9.17) is 119 Å². The molecule has 4 rings (SSSR count). The second-order valence-electron chi connectivity index (χ2n) is 8.07. The van der Waals surface area contributed by atoms with Gasteiger partial charge in [0.05, 0.1) is 16.7 Å². The second-order valence-corrected chi connectivity index (χ2v) is 17.7. The van der Waals surface area contributed by atoms with Gasteiger partial charge in [-0.1, -0.05) is 104 Å². The van der Waals surface area contributed by atoms with E-state index in [1.54, 1.807) is 72.8 Å². The van der Waals surface area contributed by atoms with E-state index >= 15 is 0 Å². The molecule has 0 unspecified atom stereocenters. The number of hydrogen-bond donors (Lipinski definition) is 0. The second kappa shape index (κ2) is 25.1. The van der Waals surface area contributed by atoms with Crippen molar-refractivity contribution in [2.75, 3.05) is 0 Å². The van der Waals surface area contributed by atoms with Gasteiger partial charge in [-0.05, 0) is 159 Å². The SMILES string of the molecule is ClC(Cl)Cl.ClC(Cl)Cl.ClC(Cl)Cl.O=C(Oc1ccc(I)cc1)c1cc(C(=O)Oc2ccc(I)cc2)cc(C(=O)Oc2ccc(I)cc2)c1. The molecule has 48 heavy (non-hydrogen) atoms. The van der Waals surface area contributed by atoms with E-state index in [2.05, 4.69) is 67.8 Å². The van der Waals surface area contributed by atoms with E-state index in [-0.39, 0.29) is 16.7 Å². The van der Waals surface area contributed by atoms with Crippen molar-refractivity contribution >= 4 is 190 Å². The summed E-state index contributed by atoms with van der Waals surface area (Å²) in [7, 11) is 0. The Morgan fingerprint density at radius 3 is 0.729 bits per heavy atom. The van der Waals surface area contributed by atoms with Crippen molar-refractivity contribution in [1.29, 1.82) is 0 Å². The van der Waals surface area contributed by atoms with Gasteiger partial charge in [0.15, 0.2) is 12.9 Å². The summed E-state index contributed by atoms with van der Waals surface area (Å²) < 4.78 is 17.0. The van der Waals surface area contributed by atoms with E-state index < -0.39 is 30.8 Å². The predicted octanol–water partition coefficient (Wildman–Crippen LogP) is 13.1. The van der Waals surface area contributed by atoms with Crippen LogP contribution in [0.25, 0.3) is 0 Å². The summed E-state index contributed by atoms with van der Waals surface area (Å²) in [6.07, 6.45) is 0. The Kier molecular flexibility index (Phi) is 24.1. The molecule has 0 aliphatic carbocycles. The molecule has 0 heterocycles. The van der Waals surface area contributed by atoms with E-state index in [0.29, 0.717) is 17.2 Å². The largest absolute Gasteiger partial charge is 0.423 e. The third-order valence-electron chi connectivity index (χ3n) is 4.71. The fraction of sp³-hybridized carbons (Fsp3) is 0.100. The molecule has 0 aromatic heterocycles. The van der Waals surface area contributed by atoms with Crippen LogP contribution < -0.4 is 14.2 Å². The summed E-state index contributed by atoms with van der Waals surface area (Å²) in [5, 5.41) is 0. The first kappa shape index (κ1) is 46.1. The molecule has 258 valence electrons. The number of esters is 3. The molecule has 0 aliphatic rings. The summed E-state index contributed by atoms with van der Waals surface area (Å²) in [6.45, 7) is 0. The first-order chi connectivity index (χ1) is 22.5. The van der Waals surface area contributed by atoms with Gasteiger partial charge in [-0.3, -0.25) is 0 Å². The molecule has 0 radical (unpaired) electrons. The van der Waals surface area contributed by atoms with Gasteiger partial charge in [0.1, 0.15) is 17.2 Å². The lowest BCUT2D eigenvalue weighted by molar-refractivity contribution is 0.0734. The van der Waals surface area contributed by atoms with Crippen LogP contribution >= 0.6 is 172 Å². The van der Waals surface area contributed by atoms with Gasteiger partial charge in [0, 0.05) is 10.7 Å². The number of alkyl halides is 9. The maximum atomic E-state index is 12.9. The lowest BCUT2D eigenvalue weighted by atomic mass is 10.1. The van der Waals surface area contributed by atoms with E-state index in [1.807, 2.05) is 0 Å². The van der Waals surface area contributed by atoms with Crippen LogP contribution in [0.3, 0.4) is 0 Å². The van der Waals surface area contributed by atoms with Crippen molar-refractivity contribution in [1.82, 2.24) is 0 Å². The molecule has 0 spiro atoms. The number of rotatable bonds is 6. The molecule has 0 N–H and O–H groups in total. The predicted molar refractivity (Wildman–Crippen MR) is 223 cm³/mol. The minimum absolute atomic E-state index is 0.000158. The molecule has 0 saturated carbocycles. The normalized spacial score (nSPS) is 10.1. The van der Waals surface area contributed by atoms with Crippen LogP contribution in [0, 0.1) is 10.7 Å². The number of hydrogen-bond acceptors (Lipinski definition) is 6. The van der Waals surface area contributed by atoms with Crippen LogP contribution in [0.4, 0.5) is 0 Å². The van der Waals surface area contributed by atoms with Gasteiger partial charge >= 0.3 is 17.9 Å². The highest BCUT2D eigenvalue weighted by Gasteiger charge is 2.20. The van der Waals surface area contributed by atoms with E-state index in [0.717, 1.165) is 10.7 Å². The molecule has 0 bridgehead atoms. The zero-order chi connectivity index (χ0) is 36.4. The first-order valence-corrected chi connectivity index (χ1v) is 19.5. The Morgan fingerprint density at radius 2 is 0.562 bits per heavy atom. The number of benzene rings is 4. The van der Waals surface area contributed by atoms with Crippen LogP contribution in [0.15, 0.2) is 91.0 Å². The summed E-state index contributed by atoms with van der Waals surface area (Å²) in [6, 6.07) is 24.7. The van der Waals surface area contributed by atoms with Gasteiger partial charge in [0.2, 0.25) is 0 Å². The number of ether oxygens (including phenoxy) is 3. The lowest BCUT2D eigenvalue weighted by Gasteiger charge is -2.10. The van der Waals surface area contributed by atoms with Crippen molar-refractivity contribution in [3.63, 3.8) is 0 Å². The van der Waals surface area contributed by atoms with Gasteiger partial charge in [-0.2, -0.15) is 0 Å². The topological polar surface area (TPSA) is 78.9 Å². The molecule has 0 amide bonds. The van der Waals surface area contributed by atoms with Gasteiger partial charge in [-0.15, -0.1) is 0 Å². The Morgan fingerprint density at radius 1 is 0.396 bits per heavy atom. The first-order valence-electron chi connectivity index (χ1n) is 12.3. The average Bonchev–Trinajstić information content (AvgIpc) is 2.99. The molecule has 4 aromatic carbocycles. The number of carbonyl (C=O) groups excluding carboxylic acids is 3. The smallest absolute Gasteiger partial charge is 0.343 e. The monoisotopic (exact) mass is 1170 g/mol. The Bertz CT molecular complexity index is 1380. The fourth-order valence-electron chi connectivity index (χ4n) is 2.99. The van der Waals surface area contributed by atoms with Crippen LogP contribution in [-0.2, 0) is 0 Å². The molecule has 4 aromatic rings. The average molecular weight is 1170 g/mol. The molecule has 0 fully saturated rings. The molecule has 18 heteroatoms. The van der Waals surface area contributed by atoms with Crippen LogP contribution in [0.1, 0.15) is 31.1 Å². The van der Waals surface area contributed by atoms with Gasteiger partial charge < -0.3 is 14.2 Å². The molecule has 6 nitrogen and oxygen atoms in total. The molecular weight excluding hydrogens is 1160 g/mol. The van der Waals surface area contributed by atoms with Crippen molar-refractivity contribution in [2.24, 2.45) is 0 Å². The van der Waals surface area contributed by atoms with Crippen LogP contribution in [0.5, 0.6) is 17.2 Å². The van der Waals surface area contributed by atoms with E-state index in [9.17, 15) is 14.4 Å². The van der Waals surface area contributed by atoms with Gasteiger partial charge in [-0.25, -0.2) is 14.4 Å². The van der Waals surface area contributed by atoms with Crippen LogP contribution in [0.2, 0.25) is 0 Å². The Hall–Kier alpha value is 0.0900. The van der Waals surface area contributed by atoms with Crippen molar-refractivity contribution in [3.05, 3.63) is 118 Å². The van der Waals surface area contributed by atoms with Gasteiger partial charge in [0.25, 0.3) is 0 Å². The molecule has 0 atom stereocenters. The zero-order valence-corrected chi connectivity index (χ0v) is 36.7. The van der Waals surface area contributed by atoms with Crippen molar-refractivity contribution in [3.8, 4) is 17.2 Å². The summed E-state index contributed by atoms with van der Waals surface area (Å²) in [4.78, 5) is 38.7. The maximum Gasteiger partial charge on any atom is 0.343 e. The van der Waals surface area contributed by atoms with Crippen molar-refractivity contribution in [2.45, 2.75) is 12.9 Å². The molecule has 0 aliphatic heterocycles. The lowest BCUT2D eigenvalue weighted by Crippen LogP contribution is -2.16. The highest BCUT2D eigenvalue weighted by Crippen LogP contribution is 2.22. The van der Waals surface area contributed by atoms with Crippen molar-refractivity contribution < 1.29 is 28.6 Å². The minimum atomic E-state index is -0.750. The number of carbonyl (C=O) groups is 3. The standard InChI is InChI=1S/C27H15I3O6.3CHCl3/c28-19-1-7-22(8-2-19)34-25(31)16-13-17(26(32)35-23-9-3-20(29)4-10-23)15-18(14-16)27(33)36-24-11-5-21(30)6-12-24;3*2-1(3)4/h1-15H;3*1H. The quantitative estimate of drug-likeness (QED) is 0.0828. The zero-order valence-electron chi connectivity index (χ0n) is 23.4. The third-order valence-corrected chi connectivity index (χ3v) is 6.87. The highest BCUT2D eigenvalue weighted by molar-refractivity contribution is 14.1. The Labute approximate surface area is 362 Å². The third kappa shape index (κ3) is 21.5. The minimum Gasteiger partial charge on any atom is -0.423 e. The highest BCUT2D eigenvalue weighted by atomic mass is 127. The summed E-state index contributed by atoms with van der Waals surface area (Å²) in [5.74, 6) is -1.21.